The summed E-state index contributed by atoms with van der Waals surface area (Å²) in [6.07, 6.45) is 0. The van der Waals surface area contributed by atoms with Crippen LogP contribution in [0.25, 0.3) is 0 Å². The smallest absolute Gasteiger partial charge is 0.273 e. The molecule has 0 saturated carbocycles. The molecule has 0 saturated heterocycles. The highest BCUT2D eigenvalue weighted by atomic mass is 35.5. The number of carbonyl (C=O) groups excluding carboxylic acids is 1. The number of methoxy groups -OCH3 is 2. The van der Waals surface area contributed by atoms with E-state index < -0.39 is 27.4 Å². The molecular formula is C24H24ClN3O7S. The molecule has 10 nitrogen and oxygen atoms in total. The molecule has 0 radical (unpaired) electrons. The van der Waals surface area contributed by atoms with Crippen molar-refractivity contribution in [1.82, 2.24) is 5.32 Å². The summed E-state index contributed by atoms with van der Waals surface area (Å²) in [5.41, 5.74) is 0.619. The highest BCUT2D eigenvalue weighted by molar-refractivity contribution is 7.92. The van der Waals surface area contributed by atoms with E-state index in [1.54, 1.807) is 24.3 Å². The van der Waals surface area contributed by atoms with Crippen LogP contribution in [-0.2, 0) is 21.4 Å². The van der Waals surface area contributed by atoms with Crippen molar-refractivity contribution < 1.29 is 27.6 Å². The Morgan fingerprint density at radius 2 is 1.75 bits per heavy atom. The van der Waals surface area contributed by atoms with Gasteiger partial charge < -0.3 is 14.8 Å². The molecule has 0 aliphatic heterocycles. The molecule has 0 aromatic heterocycles. The Morgan fingerprint density at radius 3 is 2.42 bits per heavy atom. The quantitative estimate of drug-likeness (QED) is 0.307. The highest BCUT2D eigenvalue weighted by Crippen LogP contribution is 2.35. The number of para-hydroxylation sites is 1. The average molecular weight is 534 g/mol. The third-order valence-electron chi connectivity index (χ3n) is 5.33. The van der Waals surface area contributed by atoms with Gasteiger partial charge in [0.05, 0.1) is 29.7 Å². The van der Waals surface area contributed by atoms with Crippen molar-refractivity contribution in [2.24, 2.45) is 0 Å². The molecule has 0 atom stereocenters. The first-order valence-electron chi connectivity index (χ1n) is 10.6. The number of nitro groups is 1. The minimum atomic E-state index is -4.46. The number of hydrogen-bond donors (Lipinski definition) is 1. The van der Waals surface area contributed by atoms with Crippen LogP contribution in [0.4, 0.5) is 11.4 Å². The zero-order valence-corrected chi connectivity index (χ0v) is 21.3. The second kappa shape index (κ2) is 11.3. The summed E-state index contributed by atoms with van der Waals surface area (Å²) in [4.78, 5) is 23.3. The molecule has 1 amide bonds. The van der Waals surface area contributed by atoms with Gasteiger partial charge in [0.2, 0.25) is 5.91 Å². The van der Waals surface area contributed by atoms with Crippen LogP contribution >= 0.6 is 11.6 Å². The van der Waals surface area contributed by atoms with Gasteiger partial charge in [0.25, 0.3) is 15.7 Å². The topological polar surface area (TPSA) is 128 Å². The molecule has 0 aliphatic rings. The van der Waals surface area contributed by atoms with E-state index in [1.165, 1.54) is 51.5 Å². The van der Waals surface area contributed by atoms with Gasteiger partial charge in [-0.3, -0.25) is 19.2 Å². The number of nitrogens with zero attached hydrogens (tertiary/aromatic N) is 2. The van der Waals surface area contributed by atoms with E-state index >= 15 is 0 Å². The van der Waals surface area contributed by atoms with Gasteiger partial charge in [-0.2, -0.15) is 0 Å². The Kier molecular flexibility index (Phi) is 8.38. The Morgan fingerprint density at radius 1 is 1.06 bits per heavy atom. The largest absolute Gasteiger partial charge is 0.496 e. The van der Waals surface area contributed by atoms with Crippen LogP contribution in [0, 0.1) is 17.0 Å². The standard InChI is InChI=1S/C24H24ClN3O7S/c1-16-8-10-19(13-20(16)28(30)31)36(32,33)27(21-12-18(25)9-11-23(21)35-3)15-24(29)26-14-17-6-4-5-7-22(17)34-2/h4-13H,14-15H2,1-3H3,(H,26,29). The summed E-state index contributed by atoms with van der Waals surface area (Å²) in [5.74, 6) is 0.0704. The van der Waals surface area contributed by atoms with E-state index in [-0.39, 0.29) is 33.6 Å². The minimum Gasteiger partial charge on any atom is -0.496 e. The summed E-state index contributed by atoms with van der Waals surface area (Å²) in [6.45, 7) is 0.937. The van der Waals surface area contributed by atoms with Gasteiger partial charge >= 0.3 is 0 Å². The lowest BCUT2D eigenvalue weighted by Gasteiger charge is -2.26. The van der Waals surface area contributed by atoms with Gasteiger partial charge in [-0.25, -0.2) is 8.42 Å². The second-order valence-electron chi connectivity index (χ2n) is 7.62. The number of nitrogens with one attached hydrogen (secondary N) is 1. The fourth-order valence-corrected chi connectivity index (χ4v) is 5.07. The van der Waals surface area contributed by atoms with Crippen LogP contribution < -0.4 is 19.1 Å². The normalized spacial score (nSPS) is 11.0. The SMILES string of the molecule is COc1ccccc1CNC(=O)CN(c1cc(Cl)ccc1OC)S(=O)(=O)c1ccc(C)c([N+](=O)[O-])c1. The zero-order chi connectivity index (χ0) is 26.5. The van der Waals surface area contributed by atoms with Gasteiger partial charge in [-0.15, -0.1) is 0 Å². The van der Waals surface area contributed by atoms with Gasteiger partial charge in [-0.1, -0.05) is 35.9 Å². The van der Waals surface area contributed by atoms with Crippen LogP contribution in [-0.4, -0.2) is 40.0 Å². The summed E-state index contributed by atoms with van der Waals surface area (Å²) in [7, 11) is -1.62. The summed E-state index contributed by atoms with van der Waals surface area (Å²) in [5, 5.41) is 14.3. The Labute approximate surface area is 213 Å². The Bertz CT molecular complexity index is 1400. The number of benzene rings is 3. The number of hydrogen-bond acceptors (Lipinski definition) is 7. The summed E-state index contributed by atoms with van der Waals surface area (Å²) < 4.78 is 38.8. The number of anilines is 1. The highest BCUT2D eigenvalue weighted by Gasteiger charge is 2.31. The van der Waals surface area contributed by atoms with E-state index in [1.807, 2.05) is 0 Å². The maximum absolute atomic E-state index is 13.7. The third-order valence-corrected chi connectivity index (χ3v) is 7.32. The molecule has 0 fully saturated rings. The molecule has 0 heterocycles. The van der Waals surface area contributed by atoms with Crippen molar-refractivity contribution in [1.29, 1.82) is 0 Å². The molecule has 0 spiro atoms. The number of rotatable bonds is 10. The van der Waals surface area contributed by atoms with E-state index in [9.17, 15) is 23.3 Å². The van der Waals surface area contributed by atoms with Crippen molar-refractivity contribution in [2.75, 3.05) is 25.1 Å². The molecule has 3 aromatic rings. The molecule has 36 heavy (non-hydrogen) atoms. The predicted octanol–water partition coefficient (Wildman–Crippen LogP) is 4.09. The van der Waals surface area contributed by atoms with E-state index in [0.29, 0.717) is 16.9 Å². The Hall–Kier alpha value is -3.83. The number of sulfonamides is 1. The predicted molar refractivity (Wildman–Crippen MR) is 135 cm³/mol. The fourth-order valence-electron chi connectivity index (χ4n) is 3.46. The first-order chi connectivity index (χ1) is 17.1. The van der Waals surface area contributed by atoms with Gasteiger partial charge in [0.15, 0.2) is 0 Å². The second-order valence-corrected chi connectivity index (χ2v) is 9.92. The summed E-state index contributed by atoms with van der Waals surface area (Å²) in [6, 6.07) is 14.9. The first-order valence-corrected chi connectivity index (χ1v) is 12.4. The van der Waals surface area contributed by atoms with E-state index in [4.69, 9.17) is 21.1 Å². The van der Waals surface area contributed by atoms with Crippen molar-refractivity contribution in [3.8, 4) is 11.5 Å². The average Bonchev–Trinajstić information content (AvgIpc) is 2.86. The van der Waals surface area contributed by atoms with Crippen LogP contribution in [0.15, 0.2) is 65.6 Å². The van der Waals surface area contributed by atoms with Crippen LogP contribution in [0.3, 0.4) is 0 Å². The van der Waals surface area contributed by atoms with Crippen LogP contribution in [0.2, 0.25) is 5.02 Å². The molecular weight excluding hydrogens is 510 g/mol. The lowest BCUT2D eigenvalue weighted by molar-refractivity contribution is -0.385. The number of nitro benzene ring substituents is 1. The van der Waals surface area contributed by atoms with Crippen LogP contribution in [0.1, 0.15) is 11.1 Å². The van der Waals surface area contributed by atoms with Gasteiger partial charge in [-0.05, 0) is 37.3 Å². The van der Waals surface area contributed by atoms with Crippen molar-refractivity contribution in [2.45, 2.75) is 18.4 Å². The first kappa shape index (κ1) is 26.8. The Balaban J connectivity index is 2.02. The minimum absolute atomic E-state index is 0.000620. The fraction of sp³-hybridized carbons (Fsp3) is 0.208. The lowest BCUT2D eigenvalue weighted by Crippen LogP contribution is -2.41. The number of amides is 1. The zero-order valence-electron chi connectivity index (χ0n) is 19.7. The molecule has 0 unspecified atom stereocenters. The van der Waals surface area contributed by atoms with Gasteiger partial charge in [0.1, 0.15) is 18.0 Å². The van der Waals surface area contributed by atoms with Crippen LogP contribution in [0.5, 0.6) is 11.5 Å². The van der Waals surface area contributed by atoms with Crippen molar-refractivity contribution in [3.05, 3.63) is 86.9 Å². The van der Waals surface area contributed by atoms with E-state index in [2.05, 4.69) is 5.32 Å². The summed E-state index contributed by atoms with van der Waals surface area (Å²) >= 11 is 6.13. The maximum Gasteiger partial charge on any atom is 0.273 e. The van der Waals surface area contributed by atoms with Crippen molar-refractivity contribution >= 4 is 38.9 Å². The molecule has 3 rings (SSSR count). The monoisotopic (exact) mass is 533 g/mol. The molecule has 0 bridgehead atoms. The molecule has 190 valence electrons. The van der Waals surface area contributed by atoms with Gasteiger partial charge in [0, 0.05) is 28.8 Å². The molecule has 1 N–H and O–H groups in total. The number of aryl methyl sites for hydroxylation is 1. The van der Waals surface area contributed by atoms with E-state index in [0.717, 1.165) is 10.4 Å². The molecule has 3 aromatic carbocycles. The molecule has 12 heteroatoms. The number of ether oxygens (including phenoxy) is 2. The lowest BCUT2D eigenvalue weighted by atomic mass is 10.2. The maximum atomic E-state index is 13.7. The number of halogens is 1. The van der Waals surface area contributed by atoms with Crippen molar-refractivity contribution in [3.63, 3.8) is 0 Å². The number of carbonyl (C=O) groups is 1. The molecule has 0 aliphatic carbocycles. The third kappa shape index (κ3) is 5.86.